The molecule has 37 heavy (non-hydrogen) atoms. The van der Waals surface area contributed by atoms with E-state index in [0.29, 0.717) is 0 Å². The number of imide groups is 2. The number of carbonyl (C=O) groups excluding carboxylic acids is 4. The van der Waals surface area contributed by atoms with Crippen LogP contribution >= 0.6 is 0 Å². The highest BCUT2D eigenvalue weighted by molar-refractivity contribution is 6.20. The molecule has 0 saturated carbocycles. The van der Waals surface area contributed by atoms with Crippen molar-refractivity contribution in [3.8, 4) is 0 Å². The van der Waals surface area contributed by atoms with Gasteiger partial charge in [-0.2, -0.15) is 5.10 Å². The highest BCUT2D eigenvalue weighted by atomic mass is 19.2. The highest BCUT2D eigenvalue weighted by Gasteiger charge is 2.63. The first-order valence-electron chi connectivity index (χ1n) is 11.8. The summed E-state index contributed by atoms with van der Waals surface area (Å²) >= 11 is 0. The van der Waals surface area contributed by atoms with Gasteiger partial charge in [0.1, 0.15) is 5.60 Å². The van der Waals surface area contributed by atoms with Crippen molar-refractivity contribution >= 4 is 35.3 Å². The van der Waals surface area contributed by atoms with Crippen LogP contribution in [0.1, 0.15) is 52.7 Å². The van der Waals surface area contributed by atoms with Gasteiger partial charge < -0.3 is 14.4 Å². The molecule has 200 valence electrons. The molecule has 0 aliphatic carbocycles. The van der Waals surface area contributed by atoms with E-state index in [0.717, 1.165) is 0 Å². The van der Waals surface area contributed by atoms with Crippen LogP contribution in [0, 0.1) is 17.0 Å². The summed E-state index contributed by atoms with van der Waals surface area (Å²) in [5.41, 5.74) is -0.774. The molecule has 3 atom stereocenters. The van der Waals surface area contributed by atoms with Gasteiger partial charge in [0.25, 0.3) is 0 Å². The summed E-state index contributed by atoms with van der Waals surface area (Å²) in [6.07, 6.45) is -2.36. The van der Waals surface area contributed by atoms with Gasteiger partial charge in [0.2, 0.25) is 11.8 Å². The zero-order valence-electron chi connectivity index (χ0n) is 21.3. The Morgan fingerprint density at radius 2 is 1.81 bits per heavy atom. The molecule has 0 bridgehead atoms. The maximum absolute atomic E-state index is 15.7. The minimum absolute atomic E-state index is 0.0707. The van der Waals surface area contributed by atoms with Crippen molar-refractivity contribution < 1.29 is 37.4 Å². The number of urea groups is 1. The monoisotopic (exact) mass is 521 g/mol. The number of halogens is 2. The summed E-state index contributed by atoms with van der Waals surface area (Å²) < 4.78 is 42.0. The molecule has 13 heteroatoms. The van der Waals surface area contributed by atoms with E-state index in [4.69, 9.17) is 9.47 Å². The molecule has 2 saturated heterocycles. The third kappa shape index (κ3) is 4.52. The standard InChI is InChI=1S/C24H29F2N5O6/c1-10-9-31-17-13(8-24(18(31)12(3)36-10)19(32)27-21(34)28-20(24)33)7-14(15(25)16(17)26)11(2)29-30-22(35)37-23(4,5)6/h7,10,12,18H,8-9H2,1-6H3,(H,30,35)(H2,27,28,32,33,34)/b29-11+/t10-,12+,18-/m1/s1. The average molecular weight is 522 g/mol. The second kappa shape index (κ2) is 9.05. The number of anilines is 1. The highest BCUT2D eigenvalue weighted by Crippen LogP contribution is 2.48. The zero-order valence-corrected chi connectivity index (χ0v) is 21.3. The van der Waals surface area contributed by atoms with Crippen LogP contribution < -0.4 is 21.0 Å². The van der Waals surface area contributed by atoms with Crippen LogP contribution in [0.3, 0.4) is 0 Å². The Labute approximate surface area is 211 Å². The van der Waals surface area contributed by atoms with Crippen LogP contribution in [0.4, 0.5) is 24.1 Å². The van der Waals surface area contributed by atoms with E-state index in [2.05, 4.69) is 21.2 Å². The molecule has 3 aliphatic rings. The van der Waals surface area contributed by atoms with Gasteiger partial charge in [-0.15, -0.1) is 0 Å². The predicted octanol–water partition coefficient (Wildman–Crippen LogP) is 2.10. The third-order valence-corrected chi connectivity index (χ3v) is 6.57. The first-order valence-corrected chi connectivity index (χ1v) is 11.8. The fraction of sp³-hybridized carbons (Fsp3) is 0.542. The minimum atomic E-state index is -1.85. The van der Waals surface area contributed by atoms with Crippen molar-refractivity contribution in [2.75, 3.05) is 11.4 Å². The van der Waals surface area contributed by atoms with Gasteiger partial charge in [-0.1, -0.05) is 0 Å². The average Bonchev–Trinajstić information content (AvgIpc) is 2.76. The van der Waals surface area contributed by atoms with Crippen molar-refractivity contribution in [3.63, 3.8) is 0 Å². The molecule has 11 nitrogen and oxygen atoms in total. The van der Waals surface area contributed by atoms with E-state index in [1.54, 1.807) is 34.6 Å². The largest absolute Gasteiger partial charge is 0.443 e. The fourth-order valence-electron chi connectivity index (χ4n) is 5.29. The second-order valence-electron chi connectivity index (χ2n) is 10.5. The zero-order chi connectivity index (χ0) is 27.4. The third-order valence-electron chi connectivity index (χ3n) is 6.57. The molecular weight excluding hydrogens is 492 g/mol. The number of nitrogens with one attached hydrogen (secondary N) is 3. The number of hydrogen-bond donors (Lipinski definition) is 3. The minimum Gasteiger partial charge on any atom is -0.443 e. The molecule has 3 N–H and O–H groups in total. The number of amides is 5. The molecule has 5 amide bonds. The van der Waals surface area contributed by atoms with Crippen molar-refractivity contribution in [2.24, 2.45) is 10.5 Å². The smallest absolute Gasteiger partial charge is 0.428 e. The van der Waals surface area contributed by atoms with E-state index in [-0.39, 0.29) is 35.5 Å². The number of rotatable bonds is 2. The molecule has 2 fully saturated rings. The molecular formula is C24H29F2N5O6. The number of barbiturate groups is 1. The van der Waals surface area contributed by atoms with E-state index in [1.807, 2.05) is 0 Å². The summed E-state index contributed by atoms with van der Waals surface area (Å²) in [5.74, 6) is -4.10. The Morgan fingerprint density at radius 1 is 1.19 bits per heavy atom. The first-order chi connectivity index (χ1) is 17.2. The Kier molecular flexibility index (Phi) is 6.47. The number of ether oxygens (including phenoxy) is 2. The van der Waals surface area contributed by atoms with Crippen molar-refractivity contribution in [2.45, 2.75) is 71.8 Å². The predicted molar refractivity (Wildman–Crippen MR) is 127 cm³/mol. The lowest BCUT2D eigenvalue weighted by atomic mass is 9.66. The Hall–Kier alpha value is -3.61. The molecule has 1 aromatic carbocycles. The van der Waals surface area contributed by atoms with E-state index < -0.39 is 64.8 Å². The lowest BCUT2D eigenvalue weighted by molar-refractivity contribution is -0.153. The van der Waals surface area contributed by atoms with Crippen LogP contribution in [0.15, 0.2) is 11.2 Å². The maximum atomic E-state index is 15.7. The van der Waals surface area contributed by atoms with Gasteiger partial charge >= 0.3 is 12.1 Å². The number of fused-ring (bicyclic) bond motifs is 4. The molecule has 1 spiro atoms. The number of morpholine rings is 1. The first kappa shape index (κ1) is 26.5. The Morgan fingerprint density at radius 3 is 2.41 bits per heavy atom. The summed E-state index contributed by atoms with van der Waals surface area (Å²) in [6.45, 7) is 9.77. The molecule has 0 radical (unpaired) electrons. The van der Waals surface area contributed by atoms with Crippen LogP contribution in [-0.2, 0) is 25.5 Å². The summed E-state index contributed by atoms with van der Waals surface area (Å²) in [7, 11) is 0. The van der Waals surface area contributed by atoms with Crippen LogP contribution in [0.5, 0.6) is 0 Å². The van der Waals surface area contributed by atoms with Gasteiger partial charge in [0.05, 0.1) is 29.6 Å². The Balaban J connectivity index is 1.82. The van der Waals surface area contributed by atoms with Crippen molar-refractivity contribution in [3.05, 3.63) is 28.8 Å². The SMILES string of the molecule is C/C(=N\NC(=O)OC(C)(C)C)c1cc2c(c(F)c1F)N1C[C@@H](C)O[C@@H](C)[C@@H]1C1(C2)C(=O)NC(=O)NC1=O. The van der Waals surface area contributed by atoms with Gasteiger partial charge in [0, 0.05) is 18.5 Å². The quantitative estimate of drug-likeness (QED) is 0.308. The topological polar surface area (TPSA) is 138 Å². The van der Waals surface area contributed by atoms with Crippen LogP contribution in [0.2, 0.25) is 0 Å². The van der Waals surface area contributed by atoms with E-state index in [9.17, 15) is 19.2 Å². The number of carbonyl (C=O) groups is 4. The molecule has 3 aliphatic heterocycles. The summed E-state index contributed by atoms with van der Waals surface area (Å²) in [5, 5.41) is 8.10. The van der Waals surface area contributed by atoms with E-state index >= 15 is 8.78 Å². The molecule has 4 rings (SSSR count). The summed E-state index contributed by atoms with van der Waals surface area (Å²) in [4.78, 5) is 51.7. The summed E-state index contributed by atoms with van der Waals surface area (Å²) in [6, 6.07) is -0.672. The van der Waals surface area contributed by atoms with Crippen molar-refractivity contribution in [1.82, 2.24) is 16.1 Å². The van der Waals surface area contributed by atoms with Crippen molar-refractivity contribution in [1.29, 1.82) is 0 Å². The molecule has 3 heterocycles. The number of hydrazone groups is 1. The van der Waals surface area contributed by atoms with Gasteiger partial charge in [-0.25, -0.2) is 23.8 Å². The molecule has 1 aromatic rings. The number of nitrogens with zero attached hydrogens (tertiary/aromatic N) is 2. The Bertz CT molecular complexity index is 1210. The van der Waals surface area contributed by atoms with Gasteiger partial charge in [0.15, 0.2) is 17.0 Å². The van der Waals surface area contributed by atoms with Crippen LogP contribution in [-0.4, -0.2) is 60.0 Å². The second-order valence-corrected chi connectivity index (χ2v) is 10.5. The fourth-order valence-corrected chi connectivity index (χ4v) is 5.29. The van der Waals surface area contributed by atoms with Gasteiger partial charge in [-0.05, 0) is 53.2 Å². The van der Waals surface area contributed by atoms with Crippen LogP contribution in [0.25, 0.3) is 0 Å². The lowest BCUT2D eigenvalue weighted by Gasteiger charge is -2.55. The lowest BCUT2D eigenvalue weighted by Crippen LogP contribution is -2.75. The maximum Gasteiger partial charge on any atom is 0.428 e. The molecule has 0 aromatic heterocycles. The normalized spacial score (nSPS) is 25.2. The number of hydrogen-bond acceptors (Lipinski definition) is 8. The van der Waals surface area contributed by atoms with E-state index in [1.165, 1.54) is 17.9 Å². The van der Waals surface area contributed by atoms with Gasteiger partial charge in [-0.3, -0.25) is 20.2 Å². The number of benzene rings is 1. The molecule has 0 unspecified atom stereocenters.